The number of hydrogen-bond donors (Lipinski definition) is 1. The summed E-state index contributed by atoms with van der Waals surface area (Å²) in [6, 6.07) is 30.4. The highest BCUT2D eigenvalue weighted by Gasteiger charge is 2.13. The first-order chi connectivity index (χ1) is 17.7. The summed E-state index contributed by atoms with van der Waals surface area (Å²) < 4.78 is 2.22. The molecular formula is C30H28N4OS. The van der Waals surface area contributed by atoms with Crippen LogP contribution in [-0.4, -0.2) is 27.0 Å². The second-order valence-electron chi connectivity index (χ2n) is 8.84. The van der Waals surface area contributed by atoms with Gasteiger partial charge >= 0.3 is 0 Å². The van der Waals surface area contributed by atoms with E-state index in [0.717, 1.165) is 34.1 Å². The minimum Gasteiger partial charge on any atom is -0.351 e. The Kier molecular flexibility index (Phi) is 7.43. The zero-order valence-corrected chi connectivity index (χ0v) is 21.0. The molecule has 0 aliphatic heterocycles. The van der Waals surface area contributed by atoms with Crippen LogP contribution in [0.1, 0.15) is 39.9 Å². The van der Waals surface area contributed by atoms with Crippen molar-refractivity contribution < 1.29 is 4.79 Å². The predicted molar refractivity (Wildman–Crippen MR) is 146 cm³/mol. The van der Waals surface area contributed by atoms with Crippen LogP contribution in [0.3, 0.4) is 0 Å². The molecule has 5 rings (SSSR count). The second-order valence-corrected chi connectivity index (χ2v) is 9.78. The Hall–Kier alpha value is -3.90. The van der Waals surface area contributed by atoms with Crippen molar-refractivity contribution in [3.8, 4) is 0 Å². The first kappa shape index (κ1) is 23.8. The van der Waals surface area contributed by atoms with Crippen molar-refractivity contribution in [1.29, 1.82) is 0 Å². The number of benzene rings is 3. The molecule has 0 saturated heterocycles. The standard InChI is InChI=1S/C30H28N4OS/c1-22(25-10-6-3-7-11-25)18-32-29(35)26-14-12-24(13-15-26)21-36-30-33-27-16-17-31-19-28(27)34(30)20-23-8-4-2-5-9-23/h2-17,19,22H,18,20-21H2,1H3,(H,32,35)/t22-/m1/s1. The van der Waals surface area contributed by atoms with Gasteiger partial charge in [-0.25, -0.2) is 4.98 Å². The molecule has 0 aliphatic carbocycles. The highest BCUT2D eigenvalue weighted by molar-refractivity contribution is 7.98. The summed E-state index contributed by atoms with van der Waals surface area (Å²) in [4.78, 5) is 21.8. The van der Waals surface area contributed by atoms with Crippen molar-refractivity contribution in [2.45, 2.75) is 30.3 Å². The Bertz CT molecular complexity index is 1430. The van der Waals surface area contributed by atoms with E-state index >= 15 is 0 Å². The number of nitrogens with zero attached hydrogens (tertiary/aromatic N) is 3. The third kappa shape index (κ3) is 5.66. The van der Waals surface area contributed by atoms with Gasteiger partial charge in [0.15, 0.2) is 5.16 Å². The van der Waals surface area contributed by atoms with Crippen molar-refractivity contribution >= 4 is 28.7 Å². The number of carbonyl (C=O) groups is 1. The summed E-state index contributed by atoms with van der Waals surface area (Å²) in [7, 11) is 0. The topological polar surface area (TPSA) is 59.8 Å². The van der Waals surface area contributed by atoms with E-state index in [2.05, 4.69) is 58.2 Å². The van der Waals surface area contributed by atoms with Crippen LogP contribution in [0, 0.1) is 0 Å². The van der Waals surface area contributed by atoms with Gasteiger partial charge in [0.1, 0.15) is 0 Å². The van der Waals surface area contributed by atoms with Gasteiger partial charge in [0.05, 0.1) is 23.8 Å². The van der Waals surface area contributed by atoms with Gasteiger partial charge < -0.3 is 9.88 Å². The molecule has 0 bridgehead atoms. The summed E-state index contributed by atoms with van der Waals surface area (Å²) in [5.74, 6) is 0.976. The number of hydrogen-bond acceptors (Lipinski definition) is 4. The van der Waals surface area contributed by atoms with Gasteiger partial charge in [-0.2, -0.15) is 0 Å². The molecule has 2 aromatic heterocycles. The number of pyridine rings is 1. The molecule has 1 N–H and O–H groups in total. The third-order valence-corrected chi connectivity index (χ3v) is 7.27. The summed E-state index contributed by atoms with van der Waals surface area (Å²) in [5, 5.41) is 4.01. The Balaban J connectivity index is 1.23. The van der Waals surface area contributed by atoms with E-state index in [0.29, 0.717) is 12.1 Å². The molecule has 0 aliphatic rings. The van der Waals surface area contributed by atoms with E-state index in [9.17, 15) is 4.79 Å². The summed E-state index contributed by atoms with van der Waals surface area (Å²) >= 11 is 1.69. The van der Waals surface area contributed by atoms with E-state index in [1.54, 1.807) is 18.0 Å². The quantitative estimate of drug-likeness (QED) is 0.245. The number of aromatic nitrogens is 3. The molecule has 5 aromatic rings. The number of amides is 1. The van der Waals surface area contributed by atoms with Gasteiger partial charge in [0.2, 0.25) is 0 Å². The number of rotatable bonds is 9. The van der Waals surface area contributed by atoms with Crippen LogP contribution in [0.25, 0.3) is 11.0 Å². The van der Waals surface area contributed by atoms with E-state index < -0.39 is 0 Å². The largest absolute Gasteiger partial charge is 0.351 e. The number of thioether (sulfide) groups is 1. The Morgan fingerprint density at radius 2 is 1.64 bits per heavy atom. The smallest absolute Gasteiger partial charge is 0.251 e. The number of imidazole rings is 1. The van der Waals surface area contributed by atoms with Gasteiger partial charge in [-0.05, 0) is 40.8 Å². The van der Waals surface area contributed by atoms with E-state index in [1.165, 1.54) is 11.1 Å². The predicted octanol–water partition coefficient (Wildman–Crippen LogP) is 6.31. The van der Waals surface area contributed by atoms with Crippen LogP contribution < -0.4 is 5.32 Å². The summed E-state index contributed by atoms with van der Waals surface area (Å²) in [6.45, 7) is 3.47. The Morgan fingerprint density at radius 1 is 0.917 bits per heavy atom. The van der Waals surface area contributed by atoms with Crippen LogP contribution in [0.5, 0.6) is 0 Å². The molecular weight excluding hydrogens is 464 g/mol. The number of fused-ring (bicyclic) bond motifs is 1. The fourth-order valence-electron chi connectivity index (χ4n) is 4.12. The lowest BCUT2D eigenvalue weighted by Crippen LogP contribution is -2.27. The molecule has 2 heterocycles. The molecule has 6 heteroatoms. The lowest BCUT2D eigenvalue weighted by molar-refractivity contribution is 0.0951. The highest BCUT2D eigenvalue weighted by Crippen LogP contribution is 2.27. The molecule has 3 aromatic carbocycles. The average Bonchev–Trinajstić information content (AvgIpc) is 3.28. The number of carbonyl (C=O) groups excluding carboxylic acids is 1. The zero-order valence-electron chi connectivity index (χ0n) is 20.2. The van der Waals surface area contributed by atoms with Crippen LogP contribution in [0.15, 0.2) is 109 Å². The van der Waals surface area contributed by atoms with E-state index in [4.69, 9.17) is 4.98 Å². The first-order valence-electron chi connectivity index (χ1n) is 12.1. The molecule has 0 unspecified atom stereocenters. The molecule has 1 atom stereocenters. The van der Waals surface area contributed by atoms with Crippen molar-refractivity contribution in [3.63, 3.8) is 0 Å². The molecule has 0 fully saturated rings. The minimum atomic E-state index is -0.0471. The second kappa shape index (κ2) is 11.2. The normalized spacial score (nSPS) is 11.9. The molecule has 1 amide bonds. The lowest BCUT2D eigenvalue weighted by atomic mass is 10.0. The van der Waals surface area contributed by atoms with Gasteiger partial charge in [-0.1, -0.05) is 91.5 Å². The highest BCUT2D eigenvalue weighted by atomic mass is 32.2. The van der Waals surface area contributed by atoms with Gasteiger partial charge in [0, 0.05) is 24.1 Å². The molecule has 0 spiro atoms. The first-order valence-corrected chi connectivity index (χ1v) is 13.0. The van der Waals surface area contributed by atoms with Crippen molar-refractivity contribution in [3.05, 3.63) is 126 Å². The van der Waals surface area contributed by atoms with Crippen molar-refractivity contribution in [1.82, 2.24) is 19.9 Å². The maximum Gasteiger partial charge on any atom is 0.251 e. The number of nitrogens with one attached hydrogen (secondary N) is 1. The van der Waals surface area contributed by atoms with Crippen molar-refractivity contribution in [2.24, 2.45) is 0 Å². The van der Waals surface area contributed by atoms with Crippen LogP contribution in [-0.2, 0) is 12.3 Å². The third-order valence-electron chi connectivity index (χ3n) is 6.22. The molecule has 180 valence electrons. The van der Waals surface area contributed by atoms with Crippen LogP contribution in [0.4, 0.5) is 0 Å². The van der Waals surface area contributed by atoms with Gasteiger partial charge in [-0.3, -0.25) is 9.78 Å². The van der Waals surface area contributed by atoms with E-state index in [-0.39, 0.29) is 11.8 Å². The SMILES string of the molecule is C[C@H](CNC(=O)c1ccc(CSc2nc3ccncc3n2Cc2ccccc2)cc1)c1ccccc1. The molecule has 0 radical (unpaired) electrons. The van der Waals surface area contributed by atoms with Crippen LogP contribution >= 0.6 is 11.8 Å². The fraction of sp³-hybridized carbons (Fsp3) is 0.167. The maximum absolute atomic E-state index is 12.7. The monoisotopic (exact) mass is 492 g/mol. The van der Waals surface area contributed by atoms with Gasteiger partial charge in [-0.15, -0.1) is 0 Å². The van der Waals surface area contributed by atoms with Crippen LogP contribution in [0.2, 0.25) is 0 Å². The molecule has 5 nitrogen and oxygen atoms in total. The minimum absolute atomic E-state index is 0.0471. The van der Waals surface area contributed by atoms with E-state index in [1.807, 2.05) is 60.8 Å². The van der Waals surface area contributed by atoms with Gasteiger partial charge in [0.25, 0.3) is 5.91 Å². The molecule has 36 heavy (non-hydrogen) atoms. The summed E-state index contributed by atoms with van der Waals surface area (Å²) in [5.41, 5.74) is 6.23. The molecule has 0 saturated carbocycles. The van der Waals surface area contributed by atoms with Crippen molar-refractivity contribution in [2.75, 3.05) is 6.54 Å². The fourth-order valence-corrected chi connectivity index (χ4v) is 5.09. The Labute approximate surface area is 215 Å². The zero-order chi connectivity index (χ0) is 24.7. The Morgan fingerprint density at radius 3 is 2.39 bits per heavy atom. The maximum atomic E-state index is 12.7. The summed E-state index contributed by atoms with van der Waals surface area (Å²) in [6.07, 6.45) is 3.66. The average molecular weight is 493 g/mol. The lowest BCUT2D eigenvalue weighted by Gasteiger charge is -2.13.